The van der Waals surface area contributed by atoms with Gasteiger partial charge in [0.25, 0.3) is 0 Å². The Morgan fingerprint density at radius 1 is 1.09 bits per heavy atom. The fourth-order valence-electron chi connectivity index (χ4n) is 4.56. The minimum atomic E-state index is -0.0957. The maximum atomic E-state index is 6.45. The fraction of sp³-hybridized carbons (Fsp3) is 0.360. The SMILES string of the molecule is Cc1c(Cl)cccc1-c1ccc([C@H]2[C@H](c3ccccn3)NC(=S)N2CCN2CCOCC2)o1. The average Bonchev–Trinajstić information content (AvgIpc) is 3.45. The third-order valence-electron chi connectivity index (χ3n) is 6.41. The van der Waals surface area contributed by atoms with E-state index in [-0.39, 0.29) is 12.1 Å². The zero-order valence-corrected chi connectivity index (χ0v) is 20.1. The maximum Gasteiger partial charge on any atom is 0.170 e. The monoisotopic (exact) mass is 482 g/mol. The van der Waals surface area contributed by atoms with Gasteiger partial charge in [-0.2, -0.15) is 0 Å². The summed E-state index contributed by atoms with van der Waals surface area (Å²) in [6.07, 6.45) is 1.82. The van der Waals surface area contributed by atoms with E-state index in [4.69, 9.17) is 33.0 Å². The van der Waals surface area contributed by atoms with Crippen molar-refractivity contribution in [2.75, 3.05) is 39.4 Å². The van der Waals surface area contributed by atoms with Crippen LogP contribution < -0.4 is 5.32 Å². The van der Waals surface area contributed by atoms with Gasteiger partial charge < -0.3 is 19.4 Å². The third kappa shape index (κ3) is 4.64. The van der Waals surface area contributed by atoms with E-state index in [2.05, 4.69) is 20.1 Å². The molecule has 0 amide bonds. The second-order valence-corrected chi connectivity index (χ2v) is 9.18. The van der Waals surface area contributed by atoms with Gasteiger partial charge in [-0.05, 0) is 55.0 Å². The number of hydrogen-bond acceptors (Lipinski definition) is 5. The first-order valence-electron chi connectivity index (χ1n) is 11.2. The Morgan fingerprint density at radius 2 is 1.94 bits per heavy atom. The van der Waals surface area contributed by atoms with Gasteiger partial charge in [0.15, 0.2) is 5.11 Å². The Kier molecular flexibility index (Phi) is 6.64. The van der Waals surface area contributed by atoms with Crippen molar-refractivity contribution in [1.82, 2.24) is 20.1 Å². The van der Waals surface area contributed by atoms with Crippen LogP contribution in [-0.2, 0) is 4.74 Å². The molecular weight excluding hydrogens is 456 g/mol. The number of aromatic nitrogens is 1. The summed E-state index contributed by atoms with van der Waals surface area (Å²) in [6.45, 7) is 7.18. The van der Waals surface area contributed by atoms with Crippen LogP contribution in [-0.4, -0.2) is 59.3 Å². The molecule has 3 aromatic rings. The van der Waals surface area contributed by atoms with E-state index in [1.165, 1.54) is 0 Å². The predicted octanol–water partition coefficient (Wildman–Crippen LogP) is 4.61. The van der Waals surface area contributed by atoms with Gasteiger partial charge >= 0.3 is 0 Å². The average molecular weight is 483 g/mol. The topological polar surface area (TPSA) is 53.8 Å². The van der Waals surface area contributed by atoms with Crippen LogP contribution in [0.3, 0.4) is 0 Å². The molecule has 6 nitrogen and oxygen atoms in total. The van der Waals surface area contributed by atoms with Crippen molar-refractivity contribution in [3.63, 3.8) is 0 Å². The summed E-state index contributed by atoms with van der Waals surface area (Å²) in [7, 11) is 0. The van der Waals surface area contributed by atoms with Crippen LogP contribution in [0, 0.1) is 6.92 Å². The molecule has 2 aliphatic rings. The van der Waals surface area contributed by atoms with Crippen molar-refractivity contribution in [3.8, 4) is 11.3 Å². The van der Waals surface area contributed by atoms with Crippen molar-refractivity contribution in [3.05, 3.63) is 76.8 Å². The molecule has 2 aromatic heterocycles. The minimum absolute atomic E-state index is 0.0946. The summed E-state index contributed by atoms with van der Waals surface area (Å²) >= 11 is 12.1. The van der Waals surface area contributed by atoms with Crippen LogP contribution in [0.15, 0.2) is 59.1 Å². The second kappa shape index (κ2) is 9.81. The lowest BCUT2D eigenvalue weighted by atomic mass is 10.0. The lowest BCUT2D eigenvalue weighted by molar-refractivity contribution is 0.0347. The van der Waals surface area contributed by atoms with Crippen LogP contribution in [0.1, 0.15) is 29.1 Å². The van der Waals surface area contributed by atoms with E-state index in [9.17, 15) is 0 Å². The van der Waals surface area contributed by atoms with Gasteiger partial charge in [-0.3, -0.25) is 9.88 Å². The quantitative estimate of drug-likeness (QED) is 0.515. The van der Waals surface area contributed by atoms with E-state index in [1.54, 1.807) is 0 Å². The van der Waals surface area contributed by atoms with Gasteiger partial charge in [0.1, 0.15) is 17.6 Å². The number of nitrogens with zero attached hydrogens (tertiary/aromatic N) is 3. The number of rotatable bonds is 6. The van der Waals surface area contributed by atoms with E-state index >= 15 is 0 Å². The van der Waals surface area contributed by atoms with Crippen molar-refractivity contribution in [2.45, 2.75) is 19.0 Å². The van der Waals surface area contributed by atoms with Gasteiger partial charge in [0.05, 0.1) is 24.9 Å². The van der Waals surface area contributed by atoms with E-state index in [1.807, 2.05) is 61.7 Å². The summed E-state index contributed by atoms with van der Waals surface area (Å²) in [5.74, 6) is 1.66. The molecule has 2 saturated heterocycles. The van der Waals surface area contributed by atoms with E-state index < -0.39 is 0 Å². The number of thiocarbonyl (C=S) groups is 1. The molecule has 0 bridgehead atoms. The van der Waals surface area contributed by atoms with Crippen LogP contribution in [0.5, 0.6) is 0 Å². The van der Waals surface area contributed by atoms with E-state index in [0.717, 1.165) is 77.9 Å². The molecule has 2 fully saturated rings. The number of pyridine rings is 1. The largest absolute Gasteiger partial charge is 0.459 e. The number of furan rings is 1. The Balaban J connectivity index is 1.46. The Labute approximate surface area is 204 Å². The summed E-state index contributed by atoms with van der Waals surface area (Å²) in [5, 5.41) is 4.95. The summed E-state index contributed by atoms with van der Waals surface area (Å²) in [6, 6.07) is 15.7. The first kappa shape index (κ1) is 22.3. The first-order chi connectivity index (χ1) is 16.1. The lowest BCUT2D eigenvalue weighted by Gasteiger charge is -2.31. The van der Waals surface area contributed by atoms with E-state index in [0.29, 0.717) is 0 Å². The van der Waals surface area contributed by atoms with Crippen LogP contribution >= 0.6 is 23.8 Å². The highest BCUT2D eigenvalue weighted by Gasteiger charge is 2.41. The van der Waals surface area contributed by atoms with Crippen molar-refractivity contribution >= 4 is 28.9 Å². The standard InChI is InChI=1S/C25H27ClN4O2S/c1-17-18(5-4-6-19(17)26)21-8-9-22(32-21)24-23(20-7-2-3-10-27-20)28-25(33)30(24)12-11-29-13-15-31-16-14-29/h2-10,23-24H,11-16H2,1H3,(H,28,33)/t23-,24-/m0/s1. The van der Waals surface area contributed by atoms with Crippen LogP contribution in [0.2, 0.25) is 5.02 Å². The molecule has 2 atom stereocenters. The molecule has 8 heteroatoms. The van der Waals surface area contributed by atoms with Gasteiger partial charge in [-0.1, -0.05) is 29.8 Å². The normalized spacial score (nSPS) is 21.4. The van der Waals surface area contributed by atoms with Gasteiger partial charge in [-0.25, -0.2) is 0 Å². The number of benzene rings is 1. The van der Waals surface area contributed by atoms with Crippen LogP contribution in [0.25, 0.3) is 11.3 Å². The number of halogens is 1. The molecule has 0 radical (unpaired) electrons. The second-order valence-electron chi connectivity index (χ2n) is 8.39. The molecule has 4 heterocycles. The molecule has 172 valence electrons. The number of hydrogen-bond donors (Lipinski definition) is 1. The third-order valence-corrected chi connectivity index (χ3v) is 7.17. The predicted molar refractivity (Wildman–Crippen MR) is 133 cm³/mol. The molecule has 5 rings (SSSR count). The number of morpholine rings is 1. The molecular formula is C25H27ClN4O2S. The minimum Gasteiger partial charge on any atom is -0.459 e. The highest BCUT2D eigenvalue weighted by Crippen LogP contribution is 2.41. The molecule has 1 aromatic carbocycles. The molecule has 0 saturated carbocycles. The highest BCUT2D eigenvalue weighted by molar-refractivity contribution is 7.80. The summed E-state index contributed by atoms with van der Waals surface area (Å²) < 4.78 is 11.9. The molecule has 0 spiro atoms. The van der Waals surface area contributed by atoms with Crippen molar-refractivity contribution in [2.24, 2.45) is 0 Å². The summed E-state index contributed by atoms with van der Waals surface area (Å²) in [4.78, 5) is 9.26. The zero-order valence-electron chi connectivity index (χ0n) is 18.5. The number of nitrogens with one attached hydrogen (secondary N) is 1. The fourth-order valence-corrected chi connectivity index (χ4v) is 5.07. The first-order valence-corrected chi connectivity index (χ1v) is 12.0. The molecule has 33 heavy (non-hydrogen) atoms. The highest BCUT2D eigenvalue weighted by atomic mass is 35.5. The lowest BCUT2D eigenvalue weighted by Crippen LogP contribution is -2.42. The van der Waals surface area contributed by atoms with Crippen LogP contribution in [0.4, 0.5) is 0 Å². The Hall–Kier alpha value is -2.45. The smallest absolute Gasteiger partial charge is 0.170 e. The zero-order chi connectivity index (χ0) is 22.8. The maximum absolute atomic E-state index is 6.45. The number of ether oxygens (including phenoxy) is 1. The van der Waals surface area contributed by atoms with Gasteiger partial charge in [0.2, 0.25) is 0 Å². The molecule has 0 unspecified atom stereocenters. The molecule has 2 aliphatic heterocycles. The summed E-state index contributed by atoms with van der Waals surface area (Å²) in [5.41, 5.74) is 2.94. The van der Waals surface area contributed by atoms with Gasteiger partial charge in [-0.15, -0.1) is 0 Å². The van der Waals surface area contributed by atoms with Gasteiger partial charge in [0, 0.05) is 43.0 Å². The molecule has 0 aliphatic carbocycles. The Bertz CT molecular complexity index is 1120. The van der Waals surface area contributed by atoms with Crippen molar-refractivity contribution in [1.29, 1.82) is 0 Å². The Morgan fingerprint density at radius 3 is 2.73 bits per heavy atom. The molecule has 1 N–H and O–H groups in total. The van der Waals surface area contributed by atoms with Crippen molar-refractivity contribution < 1.29 is 9.15 Å².